The van der Waals surface area contributed by atoms with Crippen molar-refractivity contribution in [1.29, 1.82) is 0 Å². The largest absolute Gasteiger partial charge is 0.465 e. The van der Waals surface area contributed by atoms with Gasteiger partial charge in [-0.25, -0.2) is 23.9 Å². The van der Waals surface area contributed by atoms with Crippen LogP contribution in [0.2, 0.25) is 0 Å². The fourth-order valence-electron chi connectivity index (χ4n) is 4.18. The molecule has 2 aromatic heterocycles. The number of nitro groups is 1. The van der Waals surface area contributed by atoms with Gasteiger partial charge in [0.1, 0.15) is 17.0 Å². The zero-order valence-corrected chi connectivity index (χ0v) is 26.9. The minimum atomic E-state index is -0.810. The van der Waals surface area contributed by atoms with Gasteiger partial charge in [-0.1, -0.05) is 0 Å². The molecule has 0 radical (unpaired) electrons. The molecule has 0 saturated heterocycles. The van der Waals surface area contributed by atoms with Gasteiger partial charge in [-0.05, 0) is 65.7 Å². The number of nitro benzene ring substituents is 1. The molecule has 0 atom stereocenters. The minimum absolute atomic E-state index is 0.0180. The second kappa shape index (κ2) is 14.3. The van der Waals surface area contributed by atoms with E-state index >= 15 is 0 Å². The lowest BCUT2D eigenvalue weighted by Gasteiger charge is -2.29. The maximum absolute atomic E-state index is 13.4. The zero-order chi connectivity index (χ0) is 33.5. The number of hydrogen-bond donors (Lipinski definition) is 0. The van der Waals surface area contributed by atoms with Crippen LogP contribution in [-0.4, -0.2) is 94.2 Å². The second-order valence-corrected chi connectivity index (χ2v) is 12.1. The Hall–Kier alpha value is -4.79. The number of anilines is 1. The summed E-state index contributed by atoms with van der Waals surface area (Å²) in [5, 5.41) is 15.9. The predicted octanol–water partition coefficient (Wildman–Crippen LogP) is 5.11. The number of non-ortho nitro benzene ring substituents is 1. The fourth-order valence-corrected chi connectivity index (χ4v) is 4.18. The number of esters is 1. The van der Waals surface area contributed by atoms with Gasteiger partial charge in [0.05, 0.1) is 30.4 Å². The SMILES string of the molecule is COCCN(CCCN(C(=O)OC(C)(C)C)c1ccn2ncc(-c3cc(C(=O)OC)cc([N+](=O)[O-])c3)c2n1)C(=O)OC(C)(C)C. The van der Waals surface area contributed by atoms with Gasteiger partial charge < -0.3 is 23.8 Å². The average molecular weight is 629 g/mol. The molecule has 0 saturated carbocycles. The van der Waals surface area contributed by atoms with Crippen LogP contribution < -0.4 is 4.90 Å². The normalized spacial score (nSPS) is 11.6. The van der Waals surface area contributed by atoms with E-state index in [2.05, 4.69) is 10.1 Å². The fraction of sp³-hybridized carbons (Fsp3) is 0.500. The van der Waals surface area contributed by atoms with Crippen LogP contribution >= 0.6 is 0 Å². The number of aromatic nitrogens is 3. The van der Waals surface area contributed by atoms with Gasteiger partial charge >= 0.3 is 18.2 Å². The highest BCUT2D eigenvalue weighted by atomic mass is 16.6. The molecule has 0 fully saturated rings. The Labute approximate surface area is 261 Å². The molecule has 3 rings (SSSR count). The quantitative estimate of drug-likeness (QED) is 0.120. The number of amides is 2. The molecule has 3 aromatic rings. The molecule has 0 bridgehead atoms. The summed E-state index contributed by atoms with van der Waals surface area (Å²) in [5.74, 6) is -0.523. The molecule has 0 aliphatic carbocycles. The predicted molar refractivity (Wildman–Crippen MR) is 164 cm³/mol. The number of benzene rings is 1. The first-order valence-electron chi connectivity index (χ1n) is 14.2. The molecule has 0 aliphatic heterocycles. The van der Waals surface area contributed by atoms with Crippen molar-refractivity contribution in [3.05, 3.63) is 52.3 Å². The standard InChI is InChI=1S/C30H40N6O9/c1-29(2,3)44-27(38)33(14-15-42-7)11-9-12-34(28(39)45-30(4,5)6)24-10-13-35-25(32-24)23(19-31-35)20-16-21(26(37)43-8)18-22(17-20)36(40)41/h10,13,16-19H,9,11-12,14-15H2,1-8H3. The number of fused-ring (bicyclic) bond motifs is 1. The first kappa shape index (κ1) is 34.7. The highest BCUT2D eigenvalue weighted by Gasteiger charge is 2.27. The molecular weight excluding hydrogens is 588 g/mol. The first-order chi connectivity index (χ1) is 21.0. The zero-order valence-electron chi connectivity index (χ0n) is 26.9. The van der Waals surface area contributed by atoms with E-state index in [9.17, 15) is 24.5 Å². The maximum Gasteiger partial charge on any atom is 0.416 e. The lowest BCUT2D eigenvalue weighted by atomic mass is 10.0. The van der Waals surface area contributed by atoms with Crippen molar-refractivity contribution >= 4 is 35.3 Å². The van der Waals surface area contributed by atoms with Crippen molar-refractivity contribution in [2.75, 3.05) is 45.4 Å². The Morgan fingerprint density at radius 3 is 2.22 bits per heavy atom. The molecule has 0 spiro atoms. The van der Waals surface area contributed by atoms with Gasteiger partial charge in [0.2, 0.25) is 0 Å². The van der Waals surface area contributed by atoms with E-state index in [-0.39, 0.29) is 42.4 Å². The van der Waals surface area contributed by atoms with E-state index in [4.69, 9.17) is 18.9 Å². The molecule has 0 unspecified atom stereocenters. The van der Waals surface area contributed by atoms with Crippen molar-refractivity contribution in [3.8, 4) is 11.1 Å². The summed E-state index contributed by atoms with van der Waals surface area (Å²) < 4.78 is 22.6. The van der Waals surface area contributed by atoms with Crippen molar-refractivity contribution in [1.82, 2.24) is 19.5 Å². The number of ether oxygens (including phenoxy) is 4. The molecule has 1 aromatic carbocycles. The number of carbonyl (C=O) groups excluding carboxylic acids is 3. The highest BCUT2D eigenvalue weighted by molar-refractivity contribution is 5.93. The Balaban J connectivity index is 2.00. The Kier molecular flexibility index (Phi) is 11.0. The average Bonchev–Trinajstić information content (AvgIpc) is 3.37. The Morgan fingerprint density at radius 2 is 1.62 bits per heavy atom. The summed E-state index contributed by atoms with van der Waals surface area (Å²) in [6.07, 6.45) is 2.22. The smallest absolute Gasteiger partial charge is 0.416 e. The summed E-state index contributed by atoms with van der Waals surface area (Å²) in [7, 11) is 2.72. The van der Waals surface area contributed by atoms with Gasteiger partial charge in [0.25, 0.3) is 5.69 Å². The topological polar surface area (TPSA) is 168 Å². The maximum atomic E-state index is 13.4. The number of rotatable bonds is 11. The van der Waals surface area contributed by atoms with E-state index in [1.165, 1.54) is 46.9 Å². The summed E-state index contributed by atoms with van der Waals surface area (Å²) in [5.41, 5.74) is -0.880. The molecule has 0 N–H and O–H groups in total. The van der Waals surface area contributed by atoms with E-state index < -0.39 is 34.3 Å². The van der Waals surface area contributed by atoms with Crippen LogP contribution in [0.25, 0.3) is 16.8 Å². The summed E-state index contributed by atoms with van der Waals surface area (Å²) in [4.78, 5) is 57.0. The third kappa shape index (κ3) is 9.60. The van der Waals surface area contributed by atoms with Gasteiger partial charge in [-0.2, -0.15) is 5.10 Å². The van der Waals surface area contributed by atoms with Gasteiger partial charge in [-0.3, -0.25) is 15.0 Å². The van der Waals surface area contributed by atoms with E-state index in [0.717, 1.165) is 6.07 Å². The monoisotopic (exact) mass is 628 g/mol. The van der Waals surface area contributed by atoms with Crippen LogP contribution in [0.5, 0.6) is 0 Å². The van der Waals surface area contributed by atoms with Crippen LogP contribution in [0.4, 0.5) is 21.1 Å². The molecule has 2 amide bonds. The van der Waals surface area contributed by atoms with E-state index in [1.54, 1.807) is 53.8 Å². The third-order valence-electron chi connectivity index (χ3n) is 6.13. The van der Waals surface area contributed by atoms with E-state index in [0.29, 0.717) is 24.2 Å². The third-order valence-corrected chi connectivity index (χ3v) is 6.13. The Morgan fingerprint density at radius 1 is 0.956 bits per heavy atom. The van der Waals surface area contributed by atoms with Crippen molar-refractivity contribution in [3.63, 3.8) is 0 Å². The number of hydrogen-bond acceptors (Lipinski definition) is 11. The van der Waals surface area contributed by atoms with Crippen molar-refractivity contribution in [2.24, 2.45) is 0 Å². The second-order valence-electron chi connectivity index (χ2n) is 12.1. The molecule has 0 aliphatic rings. The molecule has 15 nitrogen and oxygen atoms in total. The van der Waals surface area contributed by atoms with Crippen LogP contribution in [0.3, 0.4) is 0 Å². The molecule has 15 heteroatoms. The highest BCUT2D eigenvalue weighted by Crippen LogP contribution is 2.30. The molecule has 2 heterocycles. The van der Waals surface area contributed by atoms with Gasteiger partial charge in [-0.15, -0.1) is 0 Å². The summed E-state index contributed by atoms with van der Waals surface area (Å²) >= 11 is 0. The van der Waals surface area contributed by atoms with Gasteiger partial charge in [0.15, 0.2) is 5.65 Å². The summed E-state index contributed by atoms with van der Waals surface area (Å²) in [6, 6.07) is 5.45. The lowest BCUT2D eigenvalue weighted by molar-refractivity contribution is -0.384. The number of nitrogens with zero attached hydrogens (tertiary/aromatic N) is 6. The van der Waals surface area contributed by atoms with Gasteiger partial charge in [0, 0.05) is 50.6 Å². The molecule has 244 valence electrons. The molecule has 45 heavy (non-hydrogen) atoms. The van der Waals surface area contributed by atoms with Crippen molar-refractivity contribution < 1.29 is 38.3 Å². The van der Waals surface area contributed by atoms with Crippen LogP contribution in [0.1, 0.15) is 58.3 Å². The first-order valence-corrected chi connectivity index (χ1v) is 14.2. The van der Waals surface area contributed by atoms with Crippen LogP contribution in [-0.2, 0) is 18.9 Å². The van der Waals surface area contributed by atoms with Crippen LogP contribution in [0.15, 0.2) is 36.7 Å². The van der Waals surface area contributed by atoms with Crippen LogP contribution in [0, 0.1) is 10.1 Å². The molecular formula is C30H40N6O9. The van der Waals surface area contributed by atoms with Crippen molar-refractivity contribution in [2.45, 2.75) is 59.2 Å². The number of carbonyl (C=O) groups is 3. The Bertz CT molecular complexity index is 1540. The summed E-state index contributed by atoms with van der Waals surface area (Å²) in [6.45, 7) is 11.5. The number of methoxy groups -OCH3 is 2. The minimum Gasteiger partial charge on any atom is -0.465 e. The lowest BCUT2D eigenvalue weighted by Crippen LogP contribution is -2.42. The van der Waals surface area contributed by atoms with E-state index in [1.807, 2.05) is 0 Å².